The van der Waals surface area contributed by atoms with Crippen molar-refractivity contribution >= 4 is 5.82 Å². The normalized spacial score (nSPS) is 17.6. The minimum atomic E-state index is -0.0372. The lowest BCUT2D eigenvalue weighted by Gasteiger charge is -2.32. The molecule has 1 aromatic carbocycles. The second-order valence-electron chi connectivity index (χ2n) is 5.74. The number of nitrogens with zero attached hydrogens (tertiary/aromatic N) is 3. The first-order valence-corrected chi connectivity index (χ1v) is 6.61. The number of benzene rings is 1. The van der Waals surface area contributed by atoms with Crippen molar-refractivity contribution in [1.29, 1.82) is 0 Å². The summed E-state index contributed by atoms with van der Waals surface area (Å²) in [7, 11) is 1.98. The molecule has 0 fully saturated rings. The second-order valence-corrected chi connectivity index (χ2v) is 5.74. The molecular weight excluding hydrogens is 236 g/mol. The van der Waals surface area contributed by atoms with Crippen molar-refractivity contribution < 1.29 is 0 Å². The summed E-state index contributed by atoms with van der Waals surface area (Å²) in [6.45, 7) is 6.28. The van der Waals surface area contributed by atoms with Crippen molar-refractivity contribution in [3.63, 3.8) is 0 Å². The monoisotopic (exact) mass is 256 g/mol. The number of anilines is 1. The molecular formula is C15H20N4. The Morgan fingerprint density at radius 2 is 1.95 bits per heavy atom. The van der Waals surface area contributed by atoms with Crippen LogP contribution < -0.4 is 5.73 Å². The van der Waals surface area contributed by atoms with Crippen molar-refractivity contribution in [2.45, 2.75) is 32.5 Å². The fourth-order valence-corrected chi connectivity index (χ4v) is 3.11. The molecule has 2 N–H and O–H groups in total. The van der Waals surface area contributed by atoms with Gasteiger partial charge in [-0.3, -0.25) is 9.58 Å². The molecule has 1 aromatic heterocycles. The number of hydrogen-bond acceptors (Lipinski definition) is 3. The molecule has 0 atom stereocenters. The largest absolute Gasteiger partial charge is 0.382 e. The van der Waals surface area contributed by atoms with E-state index >= 15 is 0 Å². The molecule has 0 bridgehead atoms. The van der Waals surface area contributed by atoms with E-state index in [1.165, 1.54) is 16.8 Å². The first kappa shape index (κ1) is 12.2. The molecule has 0 saturated carbocycles. The molecule has 4 heteroatoms. The Labute approximate surface area is 113 Å². The average Bonchev–Trinajstić information content (AvgIpc) is 2.78. The van der Waals surface area contributed by atoms with E-state index < -0.39 is 0 Å². The number of nitrogen functional groups attached to an aromatic ring is 1. The Morgan fingerprint density at radius 1 is 1.26 bits per heavy atom. The van der Waals surface area contributed by atoms with Gasteiger partial charge in [-0.25, -0.2) is 0 Å². The number of hydrogen-bond donors (Lipinski definition) is 1. The minimum Gasteiger partial charge on any atom is -0.382 e. The highest BCUT2D eigenvalue weighted by atomic mass is 15.4. The van der Waals surface area contributed by atoms with Crippen LogP contribution in [0.3, 0.4) is 0 Å². The number of aryl methyl sites for hydroxylation is 1. The molecule has 1 aliphatic rings. The third kappa shape index (κ3) is 1.83. The molecule has 3 rings (SSSR count). The SMILES string of the molecule is Cn1nc(N)c2c1C(C)(C)N(Cc1ccccc1)C2. The van der Waals surface area contributed by atoms with Crippen molar-refractivity contribution in [2.24, 2.45) is 7.05 Å². The Hall–Kier alpha value is -1.81. The van der Waals surface area contributed by atoms with Crippen LogP contribution >= 0.6 is 0 Å². The van der Waals surface area contributed by atoms with E-state index in [0.717, 1.165) is 13.1 Å². The third-order valence-corrected chi connectivity index (χ3v) is 4.11. The molecule has 0 unspecified atom stereocenters. The Balaban J connectivity index is 1.93. The smallest absolute Gasteiger partial charge is 0.150 e. The third-order valence-electron chi connectivity index (χ3n) is 4.11. The van der Waals surface area contributed by atoms with E-state index in [1.807, 2.05) is 11.7 Å². The molecule has 19 heavy (non-hydrogen) atoms. The molecule has 0 aliphatic carbocycles. The van der Waals surface area contributed by atoms with Gasteiger partial charge in [0.25, 0.3) is 0 Å². The summed E-state index contributed by atoms with van der Waals surface area (Å²) in [5, 5.41) is 4.34. The quantitative estimate of drug-likeness (QED) is 0.896. The van der Waals surface area contributed by atoms with Gasteiger partial charge in [0.15, 0.2) is 0 Å². The van der Waals surface area contributed by atoms with Crippen LogP contribution in [0, 0.1) is 0 Å². The van der Waals surface area contributed by atoms with E-state index in [0.29, 0.717) is 5.82 Å². The Morgan fingerprint density at radius 3 is 2.58 bits per heavy atom. The van der Waals surface area contributed by atoms with Crippen LogP contribution in [0.4, 0.5) is 5.82 Å². The topological polar surface area (TPSA) is 47.1 Å². The van der Waals surface area contributed by atoms with E-state index in [9.17, 15) is 0 Å². The van der Waals surface area contributed by atoms with Gasteiger partial charge in [-0.2, -0.15) is 5.10 Å². The minimum absolute atomic E-state index is 0.0372. The fraction of sp³-hybridized carbons (Fsp3) is 0.400. The van der Waals surface area contributed by atoms with Gasteiger partial charge in [0.1, 0.15) is 5.82 Å². The molecule has 0 radical (unpaired) electrons. The maximum absolute atomic E-state index is 6.01. The molecule has 0 amide bonds. The molecule has 2 heterocycles. The standard InChI is InChI=1S/C15H20N4/c1-15(2)13-12(14(16)17-18(13)3)10-19(15)9-11-7-5-4-6-8-11/h4-8H,9-10H2,1-3H3,(H2,16,17). The van der Waals surface area contributed by atoms with Crippen LogP contribution in [0.5, 0.6) is 0 Å². The lowest BCUT2D eigenvalue weighted by Crippen LogP contribution is -2.36. The lowest BCUT2D eigenvalue weighted by molar-refractivity contribution is 0.120. The van der Waals surface area contributed by atoms with Crippen LogP contribution in [0.2, 0.25) is 0 Å². The zero-order valence-corrected chi connectivity index (χ0v) is 11.7. The zero-order valence-electron chi connectivity index (χ0n) is 11.7. The predicted octanol–water partition coefficient (Wildman–Crippen LogP) is 2.25. The number of aromatic nitrogens is 2. The molecule has 4 nitrogen and oxygen atoms in total. The van der Waals surface area contributed by atoms with Gasteiger partial charge >= 0.3 is 0 Å². The van der Waals surface area contributed by atoms with Gasteiger partial charge in [0.2, 0.25) is 0 Å². The van der Waals surface area contributed by atoms with Crippen molar-refractivity contribution in [3.8, 4) is 0 Å². The number of fused-ring (bicyclic) bond motifs is 1. The van der Waals surface area contributed by atoms with Crippen molar-refractivity contribution in [3.05, 3.63) is 47.2 Å². The lowest BCUT2D eigenvalue weighted by atomic mass is 10.00. The van der Waals surface area contributed by atoms with Gasteiger partial charge in [-0.05, 0) is 19.4 Å². The van der Waals surface area contributed by atoms with Gasteiger partial charge in [0.05, 0.1) is 11.2 Å². The first-order valence-electron chi connectivity index (χ1n) is 6.61. The first-order chi connectivity index (χ1) is 9.00. The highest BCUT2D eigenvalue weighted by Gasteiger charge is 2.41. The van der Waals surface area contributed by atoms with E-state index in [2.05, 4.69) is 54.2 Å². The highest BCUT2D eigenvalue weighted by Crippen LogP contribution is 2.41. The van der Waals surface area contributed by atoms with E-state index in [-0.39, 0.29) is 5.54 Å². The summed E-state index contributed by atoms with van der Waals surface area (Å²) in [4.78, 5) is 2.45. The molecule has 0 saturated heterocycles. The average molecular weight is 256 g/mol. The van der Waals surface area contributed by atoms with Crippen LogP contribution in [0.15, 0.2) is 30.3 Å². The van der Waals surface area contributed by atoms with Crippen LogP contribution in [0.1, 0.15) is 30.7 Å². The van der Waals surface area contributed by atoms with Gasteiger partial charge in [0, 0.05) is 25.7 Å². The number of rotatable bonds is 2. The van der Waals surface area contributed by atoms with E-state index in [1.54, 1.807) is 0 Å². The summed E-state index contributed by atoms with van der Waals surface area (Å²) in [6, 6.07) is 10.6. The van der Waals surface area contributed by atoms with Crippen LogP contribution in [-0.2, 0) is 25.7 Å². The molecule has 2 aromatic rings. The number of nitrogens with two attached hydrogens (primary N) is 1. The van der Waals surface area contributed by atoms with Crippen LogP contribution in [0.25, 0.3) is 0 Å². The Bertz CT molecular complexity index is 598. The maximum Gasteiger partial charge on any atom is 0.150 e. The summed E-state index contributed by atoms with van der Waals surface area (Å²) < 4.78 is 1.93. The van der Waals surface area contributed by atoms with Crippen molar-refractivity contribution in [1.82, 2.24) is 14.7 Å². The Kier molecular flexibility index (Phi) is 2.64. The van der Waals surface area contributed by atoms with Crippen molar-refractivity contribution in [2.75, 3.05) is 5.73 Å². The van der Waals surface area contributed by atoms with E-state index in [4.69, 9.17) is 5.73 Å². The van der Waals surface area contributed by atoms with Gasteiger partial charge in [-0.15, -0.1) is 0 Å². The fourth-order valence-electron chi connectivity index (χ4n) is 3.11. The second kappa shape index (κ2) is 4.10. The molecule has 100 valence electrons. The summed E-state index contributed by atoms with van der Waals surface area (Å²) in [6.07, 6.45) is 0. The van der Waals surface area contributed by atoms with Gasteiger partial charge < -0.3 is 5.73 Å². The highest BCUT2D eigenvalue weighted by molar-refractivity contribution is 5.48. The molecule has 0 spiro atoms. The molecule has 1 aliphatic heterocycles. The summed E-state index contributed by atoms with van der Waals surface area (Å²) >= 11 is 0. The predicted molar refractivity (Wildman–Crippen MR) is 76.3 cm³/mol. The maximum atomic E-state index is 6.01. The summed E-state index contributed by atoms with van der Waals surface area (Å²) in [5.41, 5.74) is 9.72. The van der Waals surface area contributed by atoms with Gasteiger partial charge in [-0.1, -0.05) is 30.3 Å². The summed E-state index contributed by atoms with van der Waals surface area (Å²) in [5.74, 6) is 0.668. The van der Waals surface area contributed by atoms with Crippen LogP contribution in [-0.4, -0.2) is 14.7 Å². The zero-order chi connectivity index (χ0) is 13.6.